The van der Waals surface area contributed by atoms with Crippen molar-refractivity contribution in [1.29, 1.82) is 0 Å². The molecule has 26 heavy (non-hydrogen) atoms. The van der Waals surface area contributed by atoms with Crippen LogP contribution in [0.3, 0.4) is 0 Å². The lowest BCUT2D eigenvalue weighted by Gasteiger charge is -2.57. The lowest BCUT2D eigenvalue weighted by molar-refractivity contribution is -0.555. The summed E-state index contributed by atoms with van der Waals surface area (Å²) in [4.78, 5) is 26.7. The maximum Gasteiger partial charge on any atom is 0.288 e. The van der Waals surface area contributed by atoms with E-state index >= 15 is 0 Å². The lowest BCUT2D eigenvalue weighted by Crippen LogP contribution is -2.67. The third kappa shape index (κ3) is 2.38. The zero-order valence-electron chi connectivity index (χ0n) is 16.5. The number of hydrogen-bond acceptors (Lipinski definition) is 5. The number of amides is 1. The monoisotopic (exact) mass is 365 g/mol. The van der Waals surface area contributed by atoms with E-state index in [1.807, 2.05) is 27.7 Å². The van der Waals surface area contributed by atoms with Crippen molar-refractivity contribution in [3.63, 3.8) is 0 Å². The van der Waals surface area contributed by atoms with Crippen molar-refractivity contribution in [2.24, 2.45) is 17.8 Å². The number of carbonyl (C=O) groups is 1. The molecular formula is C20H31NO5. The zero-order valence-corrected chi connectivity index (χ0v) is 16.5. The molecule has 3 saturated heterocycles. The van der Waals surface area contributed by atoms with Crippen molar-refractivity contribution in [3.05, 3.63) is 11.3 Å². The minimum Gasteiger partial charge on any atom is -0.456 e. The van der Waals surface area contributed by atoms with Crippen LogP contribution in [0.15, 0.2) is 11.3 Å². The summed E-state index contributed by atoms with van der Waals surface area (Å²) in [6, 6.07) is 0. The number of carbonyl (C=O) groups excluding carboxylic acids is 1. The molecule has 4 aliphatic heterocycles. The van der Waals surface area contributed by atoms with E-state index in [1.165, 1.54) is 0 Å². The van der Waals surface area contributed by atoms with Crippen LogP contribution in [0.4, 0.5) is 0 Å². The van der Waals surface area contributed by atoms with Crippen LogP contribution in [0.5, 0.6) is 0 Å². The van der Waals surface area contributed by atoms with Gasteiger partial charge in [0.2, 0.25) is 12.1 Å². The van der Waals surface area contributed by atoms with Crippen LogP contribution in [0.2, 0.25) is 0 Å². The third-order valence-electron chi connectivity index (χ3n) is 7.07. The molecule has 0 aromatic heterocycles. The number of rotatable bonds is 3. The Bertz CT molecular complexity index is 630. The SMILES string of the molecule is CCN(CC)C(=O)C1=C(C)[C@@H]2CC[C@@H](C)[C@@H]3CC[C@@]4(C)OO[C@@]23[C@H](O1)O4. The minimum absolute atomic E-state index is 0.0488. The first-order valence-corrected chi connectivity index (χ1v) is 10.1. The predicted molar refractivity (Wildman–Crippen MR) is 94.5 cm³/mol. The first kappa shape index (κ1) is 18.3. The van der Waals surface area contributed by atoms with Gasteiger partial charge in [0.25, 0.3) is 5.91 Å². The van der Waals surface area contributed by atoms with Crippen molar-refractivity contribution >= 4 is 5.91 Å². The summed E-state index contributed by atoms with van der Waals surface area (Å²) in [5.74, 6) is 0.481. The van der Waals surface area contributed by atoms with Gasteiger partial charge in [-0.25, -0.2) is 9.78 Å². The predicted octanol–water partition coefficient (Wildman–Crippen LogP) is 3.37. The first-order chi connectivity index (χ1) is 12.4. The second-order valence-electron chi connectivity index (χ2n) is 8.46. The zero-order chi connectivity index (χ0) is 18.7. The summed E-state index contributed by atoms with van der Waals surface area (Å²) in [5, 5.41) is 0. The highest BCUT2D eigenvalue weighted by molar-refractivity contribution is 5.92. The normalized spacial score (nSPS) is 44.2. The number of hydrogen-bond donors (Lipinski definition) is 0. The maximum absolute atomic E-state index is 13.1. The number of ether oxygens (including phenoxy) is 2. The van der Waals surface area contributed by atoms with Gasteiger partial charge >= 0.3 is 0 Å². The molecule has 4 heterocycles. The minimum atomic E-state index is -0.813. The fourth-order valence-electron chi connectivity index (χ4n) is 5.49. The smallest absolute Gasteiger partial charge is 0.288 e. The summed E-state index contributed by atoms with van der Waals surface area (Å²) < 4.78 is 12.5. The molecule has 0 radical (unpaired) electrons. The topological polar surface area (TPSA) is 57.2 Å². The molecule has 6 nitrogen and oxygen atoms in total. The molecule has 0 N–H and O–H groups in total. The molecule has 5 aliphatic rings. The van der Waals surface area contributed by atoms with Gasteiger partial charge in [0.1, 0.15) is 0 Å². The van der Waals surface area contributed by atoms with Crippen LogP contribution >= 0.6 is 0 Å². The van der Waals surface area contributed by atoms with Crippen molar-refractivity contribution in [3.8, 4) is 0 Å². The van der Waals surface area contributed by atoms with Crippen LogP contribution in [0.25, 0.3) is 0 Å². The van der Waals surface area contributed by atoms with Gasteiger partial charge in [-0.15, -0.1) is 0 Å². The van der Waals surface area contributed by atoms with Crippen LogP contribution in [-0.2, 0) is 24.0 Å². The van der Waals surface area contributed by atoms with E-state index in [1.54, 1.807) is 4.90 Å². The highest BCUT2D eigenvalue weighted by atomic mass is 17.3. The van der Waals surface area contributed by atoms with Crippen LogP contribution in [-0.4, -0.2) is 41.6 Å². The summed E-state index contributed by atoms with van der Waals surface area (Å²) in [5.41, 5.74) is 0.331. The second kappa shape index (κ2) is 6.21. The largest absolute Gasteiger partial charge is 0.456 e. The van der Waals surface area contributed by atoms with E-state index < -0.39 is 17.7 Å². The molecule has 2 bridgehead atoms. The Morgan fingerprint density at radius 2 is 1.92 bits per heavy atom. The average Bonchev–Trinajstić information content (AvgIpc) is 2.85. The molecule has 1 aliphatic carbocycles. The second-order valence-corrected chi connectivity index (χ2v) is 8.46. The molecule has 0 unspecified atom stereocenters. The Hall–Kier alpha value is -1.11. The number of likely N-dealkylation sites (N-methyl/N-ethyl adjacent to an activating group) is 1. The Balaban J connectivity index is 1.79. The Morgan fingerprint density at radius 1 is 1.19 bits per heavy atom. The fraction of sp³-hybridized carbons (Fsp3) is 0.850. The molecule has 6 heteroatoms. The van der Waals surface area contributed by atoms with Crippen molar-refractivity contribution in [2.75, 3.05) is 13.1 Å². The quantitative estimate of drug-likeness (QED) is 0.718. The highest BCUT2D eigenvalue weighted by Gasteiger charge is 2.68. The molecule has 5 rings (SSSR count). The van der Waals surface area contributed by atoms with Gasteiger partial charge in [-0.3, -0.25) is 4.79 Å². The lowest BCUT2D eigenvalue weighted by atomic mass is 9.59. The van der Waals surface area contributed by atoms with E-state index in [0.29, 0.717) is 30.7 Å². The summed E-state index contributed by atoms with van der Waals surface area (Å²) in [6.07, 6.45) is 3.24. The summed E-state index contributed by atoms with van der Waals surface area (Å²) in [6.45, 7) is 11.5. The van der Waals surface area contributed by atoms with E-state index in [2.05, 4.69) is 6.92 Å². The van der Waals surface area contributed by atoms with Gasteiger partial charge in [-0.05, 0) is 58.4 Å². The molecule has 0 aromatic rings. The molecule has 0 aromatic carbocycles. The molecule has 1 saturated carbocycles. The van der Waals surface area contributed by atoms with Gasteiger partial charge in [0, 0.05) is 31.3 Å². The van der Waals surface area contributed by atoms with Crippen molar-refractivity contribution in [2.45, 2.75) is 78.0 Å². The fourth-order valence-corrected chi connectivity index (χ4v) is 5.49. The highest BCUT2D eigenvalue weighted by Crippen LogP contribution is 2.60. The number of fused-ring (bicyclic) bond motifs is 2. The van der Waals surface area contributed by atoms with Crippen LogP contribution in [0.1, 0.15) is 60.3 Å². The van der Waals surface area contributed by atoms with Crippen molar-refractivity contribution < 1.29 is 24.0 Å². The molecule has 146 valence electrons. The van der Waals surface area contributed by atoms with Crippen LogP contribution in [0, 0.1) is 17.8 Å². The Morgan fingerprint density at radius 3 is 2.62 bits per heavy atom. The standard InChI is InChI=1S/C20H31NO5/c1-6-21(7-2)17(22)16-13(4)15-9-8-12(3)14-10-11-19(5)24-18(23-16)20(14,15)26-25-19/h12,14-15,18H,6-11H2,1-5H3/t12-,14+,15+,18-,19-,20-/m1/s1. The Kier molecular flexibility index (Phi) is 4.36. The van der Waals surface area contributed by atoms with E-state index in [4.69, 9.17) is 19.2 Å². The molecular weight excluding hydrogens is 334 g/mol. The van der Waals surface area contributed by atoms with Gasteiger partial charge in [-0.1, -0.05) is 6.92 Å². The van der Waals surface area contributed by atoms with E-state index in [0.717, 1.165) is 31.3 Å². The summed E-state index contributed by atoms with van der Waals surface area (Å²) in [7, 11) is 0. The van der Waals surface area contributed by atoms with Gasteiger partial charge in [-0.2, -0.15) is 0 Å². The van der Waals surface area contributed by atoms with Crippen LogP contribution < -0.4 is 0 Å². The van der Waals surface area contributed by atoms with Gasteiger partial charge < -0.3 is 14.4 Å². The molecule has 4 fully saturated rings. The maximum atomic E-state index is 13.1. The van der Waals surface area contributed by atoms with Gasteiger partial charge in [0.15, 0.2) is 11.4 Å². The third-order valence-corrected chi connectivity index (χ3v) is 7.07. The number of nitrogens with zero attached hydrogens (tertiary/aromatic N) is 1. The summed E-state index contributed by atoms with van der Waals surface area (Å²) >= 11 is 0. The van der Waals surface area contributed by atoms with Crippen molar-refractivity contribution in [1.82, 2.24) is 4.90 Å². The molecule has 1 spiro atoms. The molecule has 1 amide bonds. The van der Waals surface area contributed by atoms with E-state index in [-0.39, 0.29) is 11.8 Å². The average molecular weight is 365 g/mol. The molecule has 6 atom stereocenters. The first-order valence-electron chi connectivity index (χ1n) is 10.1. The van der Waals surface area contributed by atoms with Gasteiger partial charge in [0.05, 0.1) is 0 Å². The Labute approximate surface area is 155 Å². The van der Waals surface area contributed by atoms with E-state index in [9.17, 15) is 4.79 Å².